The summed E-state index contributed by atoms with van der Waals surface area (Å²) < 4.78 is 5.08. The second kappa shape index (κ2) is 20.2. The SMILES string of the molecule is CCC[CH2][Sn]([CH2]CCC)([CH2]CCC)[C](C=CC=C(C)CCC=C(C)CCC=C(C)C)=CC(=O)O. The van der Waals surface area contributed by atoms with Crippen molar-refractivity contribution in [3.05, 3.63) is 56.8 Å². The van der Waals surface area contributed by atoms with E-state index in [1.165, 1.54) is 72.1 Å². The Hall–Kier alpha value is -1.03. The number of hydrogen-bond acceptors (Lipinski definition) is 1. The molecule has 3 heteroatoms. The summed E-state index contributed by atoms with van der Waals surface area (Å²) in [5, 5.41) is 9.69. The summed E-state index contributed by atoms with van der Waals surface area (Å²) in [6, 6.07) is 0. The van der Waals surface area contributed by atoms with Gasteiger partial charge in [0.2, 0.25) is 0 Å². The summed E-state index contributed by atoms with van der Waals surface area (Å²) in [6.07, 6.45) is 24.5. The third-order valence-corrected chi connectivity index (χ3v) is 22.3. The van der Waals surface area contributed by atoms with Crippen molar-refractivity contribution in [1.82, 2.24) is 0 Å². The molecule has 0 amide bonds. The Morgan fingerprint density at radius 1 is 0.765 bits per heavy atom. The van der Waals surface area contributed by atoms with E-state index in [1.54, 1.807) is 6.08 Å². The molecule has 0 heterocycles. The Kier molecular flexibility index (Phi) is 19.6. The molecule has 0 saturated heterocycles. The van der Waals surface area contributed by atoms with Crippen LogP contribution >= 0.6 is 0 Å². The number of unbranched alkanes of at least 4 members (excludes halogenated alkanes) is 3. The Morgan fingerprint density at radius 3 is 1.74 bits per heavy atom. The van der Waals surface area contributed by atoms with Crippen LogP contribution < -0.4 is 0 Å². The minimum absolute atomic E-state index is 0.778. The molecule has 0 aromatic carbocycles. The fourth-order valence-electron chi connectivity index (χ4n) is 4.50. The van der Waals surface area contributed by atoms with Gasteiger partial charge in [-0.25, -0.2) is 0 Å². The van der Waals surface area contributed by atoms with Crippen LogP contribution in [0.5, 0.6) is 0 Å². The summed E-state index contributed by atoms with van der Waals surface area (Å²) in [7, 11) is 0. The molecule has 1 N–H and O–H groups in total. The monoisotopic (exact) mass is 578 g/mol. The summed E-state index contributed by atoms with van der Waals surface area (Å²) in [4.78, 5) is 11.8. The third-order valence-electron chi connectivity index (χ3n) is 6.70. The maximum absolute atomic E-state index is 11.8. The minimum atomic E-state index is -2.76. The van der Waals surface area contributed by atoms with E-state index in [1.807, 2.05) is 0 Å². The van der Waals surface area contributed by atoms with Crippen molar-refractivity contribution in [2.75, 3.05) is 0 Å². The van der Waals surface area contributed by atoms with Crippen LogP contribution in [-0.2, 0) is 4.79 Å². The van der Waals surface area contributed by atoms with Gasteiger partial charge in [0, 0.05) is 0 Å². The van der Waals surface area contributed by atoms with Gasteiger partial charge in [0.1, 0.15) is 0 Å². The van der Waals surface area contributed by atoms with E-state index in [0.717, 1.165) is 25.7 Å². The van der Waals surface area contributed by atoms with E-state index in [4.69, 9.17) is 0 Å². The van der Waals surface area contributed by atoms with Gasteiger partial charge in [-0.1, -0.05) is 5.57 Å². The first-order valence-corrected chi connectivity index (χ1v) is 21.3. The molecule has 2 nitrogen and oxygen atoms in total. The molecule has 0 aliphatic heterocycles. The topological polar surface area (TPSA) is 37.3 Å². The van der Waals surface area contributed by atoms with E-state index >= 15 is 0 Å². The van der Waals surface area contributed by atoms with Gasteiger partial charge in [-0.15, -0.1) is 0 Å². The van der Waals surface area contributed by atoms with Crippen LogP contribution in [0.1, 0.15) is 113 Å². The quantitative estimate of drug-likeness (QED) is 0.0718. The molecule has 0 fully saturated rings. The van der Waals surface area contributed by atoms with E-state index in [2.05, 4.69) is 78.8 Å². The molecule has 0 radical (unpaired) electrons. The predicted octanol–water partition coefficient (Wildman–Crippen LogP) is 10.4. The van der Waals surface area contributed by atoms with Crippen LogP contribution in [0.4, 0.5) is 0 Å². The number of carbonyl (C=O) groups is 1. The Labute approximate surface area is 216 Å². The first kappa shape index (κ1) is 33.0. The van der Waals surface area contributed by atoms with Crippen LogP contribution in [0.2, 0.25) is 13.3 Å². The molecular formula is C31H54O2Sn. The van der Waals surface area contributed by atoms with E-state index in [0.29, 0.717) is 0 Å². The van der Waals surface area contributed by atoms with Crippen molar-refractivity contribution in [2.24, 2.45) is 0 Å². The number of carboxylic acids is 1. The number of carboxylic acid groups (broad SMARTS) is 1. The molecule has 34 heavy (non-hydrogen) atoms. The molecule has 0 atom stereocenters. The van der Waals surface area contributed by atoms with E-state index in [-0.39, 0.29) is 0 Å². The van der Waals surface area contributed by atoms with Crippen molar-refractivity contribution in [3.63, 3.8) is 0 Å². The van der Waals surface area contributed by atoms with Gasteiger partial charge >= 0.3 is 198 Å². The van der Waals surface area contributed by atoms with Gasteiger partial charge in [-0.2, -0.15) is 0 Å². The van der Waals surface area contributed by atoms with Gasteiger partial charge in [0.05, 0.1) is 0 Å². The first-order valence-electron chi connectivity index (χ1n) is 13.8. The summed E-state index contributed by atoms with van der Waals surface area (Å²) in [5.74, 6) is -0.778. The van der Waals surface area contributed by atoms with Crippen molar-refractivity contribution < 1.29 is 9.90 Å². The number of allylic oxidation sites excluding steroid dienone is 9. The second-order valence-corrected chi connectivity index (χ2v) is 23.5. The molecule has 0 aliphatic carbocycles. The van der Waals surface area contributed by atoms with Crippen LogP contribution in [-0.4, -0.2) is 29.5 Å². The maximum atomic E-state index is 11.8. The van der Waals surface area contributed by atoms with Crippen molar-refractivity contribution in [3.8, 4) is 0 Å². The van der Waals surface area contributed by atoms with Crippen molar-refractivity contribution in [1.29, 1.82) is 0 Å². The average Bonchev–Trinajstić information content (AvgIpc) is 2.77. The van der Waals surface area contributed by atoms with Gasteiger partial charge in [0.25, 0.3) is 0 Å². The van der Waals surface area contributed by atoms with Crippen molar-refractivity contribution >= 4 is 24.3 Å². The Balaban J connectivity index is 5.49. The van der Waals surface area contributed by atoms with Gasteiger partial charge < -0.3 is 0 Å². The average molecular weight is 577 g/mol. The fourth-order valence-corrected chi connectivity index (χ4v) is 20.4. The zero-order chi connectivity index (χ0) is 25.8. The second-order valence-electron chi connectivity index (χ2n) is 10.3. The molecule has 0 spiro atoms. The summed E-state index contributed by atoms with van der Waals surface area (Å²) in [6.45, 7) is 15.5. The molecule has 0 aliphatic rings. The van der Waals surface area contributed by atoms with E-state index in [9.17, 15) is 9.90 Å². The first-order chi connectivity index (χ1) is 16.2. The molecule has 0 saturated carbocycles. The van der Waals surface area contributed by atoms with Crippen LogP contribution in [0.3, 0.4) is 0 Å². The Bertz CT molecular complexity index is 696. The standard InChI is InChI=1S/C19H27O2.3C4H9.Sn/c1-16(2)10-8-12-18(4)14-9-13-17(3)11-6-5-7-15-19(20)21;3*1-3-4-2;/h5-6,10-11,14-15H,8-9,12-13H2,1-4H3,(H,20,21);3*1,3-4H2,2H3;. The number of aliphatic carboxylic acids is 1. The molecular weight excluding hydrogens is 523 g/mol. The zero-order valence-corrected chi connectivity index (χ0v) is 26.4. The third kappa shape index (κ3) is 15.8. The zero-order valence-electron chi connectivity index (χ0n) is 23.5. The summed E-state index contributed by atoms with van der Waals surface area (Å²) in [5.41, 5.74) is 4.22. The molecule has 0 bridgehead atoms. The van der Waals surface area contributed by atoms with Gasteiger partial charge in [-0.3, -0.25) is 0 Å². The van der Waals surface area contributed by atoms with Crippen LogP contribution in [0.25, 0.3) is 0 Å². The molecule has 0 unspecified atom stereocenters. The van der Waals surface area contributed by atoms with Crippen LogP contribution in [0.15, 0.2) is 56.8 Å². The predicted molar refractivity (Wildman–Crippen MR) is 155 cm³/mol. The fraction of sp³-hybridized carbons (Fsp3) is 0.645. The van der Waals surface area contributed by atoms with Gasteiger partial charge in [0.15, 0.2) is 0 Å². The number of hydrogen-bond donors (Lipinski definition) is 1. The molecule has 0 rings (SSSR count). The number of rotatable bonds is 19. The normalized spacial score (nSPS) is 13.6. The molecule has 194 valence electrons. The molecule has 0 aromatic rings. The van der Waals surface area contributed by atoms with Crippen molar-refractivity contribution in [2.45, 2.75) is 126 Å². The Morgan fingerprint density at radius 2 is 1.26 bits per heavy atom. The summed E-state index contributed by atoms with van der Waals surface area (Å²) >= 11 is -2.76. The molecule has 0 aromatic heterocycles. The van der Waals surface area contributed by atoms with Gasteiger partial charge in [-0.05, 0) is 13.8 Å². The van der Waals surface area contributed by atoms with E-state index < -0.39 is 24.3 Å². The van der Waals surface area contributed by atoms with Crippen LogP contribution in [0, 0.1) is 0 Å².